The van der Waals surface area contributed by atoms with Crippen molar-refractivity contribution in [2.45, 2.75) is 24.7 Å². The van der Waals surface area contributed by atoms with Crippen molar-refractivity contribution in [2.75, 3.05) is 13.1 Å². The molecule has 138 valence electrons. The molecule has 1 fully saturated rings. The maximum Gasteiger partial charge on any atom is 0.387 e. The minimum Gasteiger partial charge on any atom is -0.434 e. The fourth-order valence-corrected chi connectivity index (χ4v) is 3.28. The summed E-state index contributed by atoms with van der Waals surface area (Å²) in [4.78, 5) is 12.9. The Labute approximate surface area is 150 Å². The van der Waals surface area contributed by atoms with E-state index in [1.807, 2.05) is 30.3 Å². The van der Waals surface area contributed by atoms with Crippen molar-refractivity contribution in [3.63, 3.8) is 0 Å². The van der Waals surface area contributed by atoms with Gasteiger partial charge in [-0.3, -0.25) is 4.79 Å². The van der Waals surface area contributed by atoms with Gasteiger partial charge in [0.25, 0.3) is 5.91 Å². The molecule has 2 aromatic rings. The number of rotatable bonds is 5. The third kappa shape index (κ3) is 3.68. The Bertz CT molecular complexity index is 757. The highest BCUT2D eigenvalue weighted by molar-refractivity contribution is 5.97. The molecule has 0 radical (unpaired) electrons. The lowest BCUT2D eigenvalue weighted by atomic mass is 9.79. The van der Waals surface area contributed by atoms with Crippen LogP contribution in [0.1, 0.15) is 22.3 Å². The van der Waals surface area contributed by atoms with Gasteiger partial charge < -0.3 is 20.5 Å². The monoisotopic (exact) mass is 362 g/mol. The summed E-state index contributed by atoms with van der Waals surface area (Å²) in [6.07, 6.45) is -0.410. The normalized spacial score (nSPS) is 22.8. The van der Waals surface area contributed by atoms with E-state index in [0.29, 0.717) is 19.5 Å². The number of benzene rings is 2. The standard InChI is InChI=1S/C19H20F2N2O3/c20-18(21)26-15-9-5-4-8-14(15)17(25)23-19(10-11-22-12-16(19)24)13-6-2-1-3-7-13/h1-9,16,18,22,24H,10-12H2,(H,23,25)/t16-,19+/m1/s1. The first-order valence-corrected chi connectivity index (χ1v) is 8.33. The van der Waals surface area contributed by atoms with Crippen LogP contribution in [0.5, 0.6) is 5.75 Å². The number of para-hydroxylation sites is 1. The molecule has 5 nitrogen and oxygen atoms in total. The lowest BCUT2D eigenvalue weighted by Crippen LogP contribution is -2.61. The molecule has 1 aliphatic heterocycles. The number of ether oxygens (including phenoxy) is 1. The van der Waals surface area contributed by atoms with Crippen LogP contribution >= 0.6 is 0 Å². The number of amides is 1. The van der Waals surface area contributed by atoms with E-state index in [2.05, 4.69) is 15.4 Å². The number of β-amino-alcohol motifs (C(OH)–C–C–N with tert-alkyl or cyclic N) is 1. The number of carbonyl (C=O) groups is 1. The Morgan fingerprint density at radius 3 is 2.58 bits per heavy atom. The van der Waals surface area contributed by atoms with Crippen LogP contribution in [0, 0.1) is 0 Å². The van der Waals surface area contributed by atoms with Gasteiger partial charge in [0.1, 0.15) is 5.75 Å². The van der Waals surface area contributed by atoms with Crippen molar-refractivity contribution in [1.82, 2.24) is 10.6 Å². The molecule has 0 spiro atoms. The van der Waals surface area contributed by atoms with Gasteiger partial charge in [-0.1, -0.05) is 42.5 Å². The van der Waals surface area contributed by atoms with Crippen LogP contribution in [0.4, 0.5) is 8.78 Å². The van der Waals surface area contributed by atoms with Gasteiger partial charge in [-0.2, -0.15) is 8.78 Å². The molecule has 0 unspecified atom stereocenters. The summed E-state index contributed by atoms with van der Waals surface area (Å²) in [6.45, 7) is -2.12. The molecule has 1 amide bonds. The number of alkyl halides is 2. The third-order valence-corrected chi connectivity index (χ3v) is 4.58. The van der Waals surface area contributed by atoms with Gasteiger partial charge in [-0.25, -0.2) is 0 Å². The van der Waals surface area contributed by atoms with E-state index in [0.717, 1.165) is 5.56 Å². The first kappa shape index (κ1) is 18.3. The third-order valence-electron chi connectivity index (χ3n) is 4.58. The van der Waals surface area contributed by atoms with E-state index in [-0.39, 0.29) is 11.3 Å². The van der Waals surface area contributed by atoms with Gasteiger partial charge in [0.15, 0.2) is 0 Å². The van der Waals surface area contributed by atoms with Crippen LogP contribution in [0.2, 0.25) is 0 Å². The van der Waals surface area contributed by atoms with Gasteiger partial charge in [0, 0.05) is 6.54 Å². The number of aliphatic hydroxyl groups is 1. The average Bonchev–Trinajstić information content (AvgIpc) is 2.64. The fraction of sp³-hybridized carbons (Fsp3) is 0.316. The quantitative estimate of drug-likeness (QED) is 0.763. The van der Waals surface area contributed by atoms with E-state index in [4.69, 9.17) is 0 Å². The number of aliphatic hydroxyl groups excluding tert-OH is 1. The van der Waals surface area contributed by atoms with Crippen LogP contribution in [0.3, 0.4) is 0 Å². The minimum absolute atomic E-state index is 0.00570. The molecule has 0 aromatic heterocycles. The Hall–Kier alpha value is -2.51. The zero-order chi connectivity index (χ0) is 18.6. The summed E-state index contributed by atoms with van der Waals surface area (Å²) in [5.74, 6) is -0.780. The highest BCUT2D eigenvalue weighted by Gasteiger charge is 2.43. The Kier molecular flexibility index (Phi) is 5.49. The maximum absolute atomic E-state index is 12.9. The van der Waals surface area contributed by atoms with Crippen molar-refractivity contribution in [3.8, 4) is 5.75 Å². The van der Waals surface area contributed by atoms with Crippen LogP contribution in [-0.4, -0.2) is 36.8 Å². The second-order valence-corrected chi connectivity index (χ2v) is 6.14. The summed E-state index contributed by atoms with van der Waals surface area (Å²) in [5, 5.41) is 16.6. The van der Waals surface area contributed by atoms with Crippen molar-refractivity contribution >= 4 is 5.91 Å². The predicted octanol–water partition coefficient (Wildman–Crippen LogP) is 2.27. The van der Waals surface area contributed by atoms with E-state index in [1.54, 1.807) is 6.07 Å². The van der Waals surface area contributed by atoms with Crippen LogP contribution in [0.25, 0.3) is 0 Å². The van der Waals surface area contributed by atoms with E-state index in [1.165, 1.54) is 18.2 Å². The summed E-state index contributed by atoms with van der Waals surface area (Å²) < 4.78 is 29.7. The van der Waals surface area contributed by atoms with Crippen molar-refractivity contribution < 1.29 is 23.4 Å². The van der Waals surface area contributed by atoms with Crippen LogP contribution in [-0.2, 0) is 5.54 Å². The highest BCUT2D eigenvalue weighted by atomic mass is 19.3. The van der Waals surface area contributed by atoms with Crippen LogP contribution < -0.4 is 15.4 Å². The fourth-order valence-electron chi connectivity index (χ4n) is 3.28. The first-order chi connectivity index (χ1) is 12.5. The predicted molar refractivity (Wildman–Crippen MR) is 92.2 cm³/mol. The van der Waals surface area contributed by atoms with Gasteiger partial charge in [-0.05, 0) is 30.7 Å². The molecule has 3 rings (SSSR count). The smallest absolute Gasteiger partial charge is 0.387 e. The molecule has 2 atom stereocenters. The molecular weight excluding hydrogens is 342 g/mol. The topological polar surface area (TPSA) is 70.6 Å². The number of piperidine rings is 1. The largest absolute Gasteiger partial charge is 0.434 e. The molecule has 1 heterocycles. The number of nitrogens with one attached hydrogen (secondary N) is 2. The van der Waals surface area contributed by atoms with Gasteiger partial charge in [-0.15, -0.1) is 0 Å². The zero-order valence-corrected chi connectivity index (χ0v) is 14.0. The second kappa shape index (κ2) is 7.80. The Morgan fingerprint density at radius 2 is 1.88 bits per heavy atom. The van der Waals surface area contributed by atoms with Crippen molar-refractivity contribution in [3.05, 3.63) is 65.7 Å². The lowest BCUT2D eigenvalue weighted by Gasteiger charge is -2.43. The van der Waals surface area contributed by atoms with Gasteiger partial charge in [0.2, 0.25) is 0 Å². The molecule has 0 aliphatic carbocycles. The molecule has 0 saturated carbocycles. The first-order valence-electron chi connectivity index (χ1n) is 8.33. The number of halogens is 2. The van der Waals surface area contributed by atoms with Gasteiger partial charge >= 0.3 is 6.61 Å². The molecule has 26 heavy (non-hydrogen) atoms. The van der Waals surface area contributed by atoms with Crippen LogP contribution in [0.15, 0.2) is 54.6 Å². The minimum atomic E-state index is -3.03. The number of hydrogen-bond donors (Lipinski definition) is 3. The number of hydrogen-bond acceptors (Lipinski definition) is 4. The average molecular weight is 362 g/mol. The summed E-state index contributed by atoms with van der Waals surface area (Å²) in [6, 6.07) is 15.0. The Morgan fingerprint density at radius 1 is 1.19 bits per heavy atom. The molecule has 1 aliphatic rings. The highest BCUT2D eigenvalue weighted by Crippen LogP contribution is 2.32. The zero-order valence-electron chi connectivity index (χ0n) is 14.0. The summed E-state index contributed by atoms with van der Waals surface area (Å²) >= 11 is 0. The van der Waals surface area contributed by atoms with E-state index in [9.17, 15) is 18.7 Å². The summed E-state index contributed by atoms with van der Waals surface area (Å²) in [5.41, 5.74) is -0.259. The molecule has 7 heteroatoms. The van der Waals surface area contributed by atoms with E-state index < -0.39 is 24.2 Å². The van der Waals surface area contributed by atoms with Gasteiger partial charge in [0.05, 0.1) is 17.2 Å². The molecule has 2 aromatic carbocycles. The summed E-state index contributed by atoms with van der Waals surface area (Å²) in [7, 11) is 0. The molecule has 0 bridgehead atoms. The lowest BCUT2D eigenvalue weighted by molar-refractivity contribution is -0.0502. The van der Waals surface area contributed by atoms with Crippen molar-refractivity contribution in [1.29, 1.82) is 0 Å². The number of carbonyl (C=O) groups excluding carboxylic acids is 1. The molecular formula is C19H20F2N2O3. The maximum atomic E-state index is 12.9. The SMILES string of the molecule is O=C(N[C@]1(c2ccccc2)CCNC[C@H]1O)c1ccccc1OC(F)F. The molecule has 3 N–H and O–H groups in total. The molecule has 1 saturated heterocycles. The Balaban J connectivity index is 1.95. The van der Waals surface area contributed by atoms with E-state index >= 15 is 0 Å². The van der Waals surface area contributed by atoms with Crippen molar-refractivity contribution in [2.24, 2.45) is 0 Å². The second-order valence-electron chi connectivity index (χ2n) is 6.14.